The molecule has 4 aliphatic rings. The third-order valence-electron chi connectivity index (χ3n) is 7.39. The highest BCUT2D eigenvalue weighted by Gasteiger charge is 2.39. The van der Waals surface area contributed by atoms with Gasteiger partial charge in [-0.2, -0.15) is 0 Å². The van der Waals surface area contributed by atoms with Gasteiger partial charge in [-0.05, 0) is 71.0 Å². The summed E-state index contributed by atoms with van der Waals surface area (Å²) in [5.41, 5.74) is 7.57. The highest BCUT2D eigenvalue weighted by Crippen LogP contribution is 2.50. The van der Waals surface area contributed by atoms with Crippen molar-refractivity contribution in [3.05, 3.63) is 101 Å². The van der Waals surface area contributed by atoms with E-state index in [9.17, 15) is 0 Å². The van der Waals surface area contributed by atoms with E-state index in [0.717, 1.165) is 41.7 Å². The lowest BCUT2D eigenvalue weighted by molar-refractivity contribution is -0.172. The minimum Gasteiger partial charge on any atom is -0.456 e. The fraction of sp³-hybridized carbons (Fsp3) is 0.233. The highest BCUT2D eigenvalue weighted by molar-refractivity contribution is 5.94. The average molecular weight is 434 g/mol. The van der Waals surface area contributed by atoms with Crippen molar-refractivity contribution in [3.8, 4) is 11.3 Å². The number of fused-ring (bicyclic) bond motifs is 5. The van der Waals surface area contributed by atoms with Crippen molar-refractivity contribution in [3.63, 3.8) is 0 Å². The van der Waals surface area contributed by atoms with Crippen LogP contribution < -0.4 is 15.7 Å². The number of hydrogen-bond acceptors (Lipinski definition) is 2. The standard InChI is InChI=1S/C30H28N2O/c1-30(2)27(32(3)25-15-12-19-7-4-5-10-24(19)28(25)30)16-13-20-8-6-9-22-17-21-11-14-23(31)18-26(21)33-29(20)22/h4-5,7,10-18,31H,6,8-9H2,1-3H3/p+1/b20-13+,27-16+,31-23?. The number of nitrogens with zero attached hydrogens (tertiary/aromatic N) is 1. The number of hydrogen-bond donors (Lipinski definition) is 1. The molecule has 0 saturated heterocycles. The Morgan fingerprint density at radius 2 is 1.82 bits per heavy atom. The molecule has 2 aromatic carbocycles. The fourth-order valence-corrected chi connectivity index (χ4v) is 5.76. The lowest BCUT2D eigenvalue weighted by atomic mass is 9.81. The van der Waals surface area contributed by atoms with Gasteiger partial charge in [-0.15, -0.1) is 0 Å². The van der Waals surface area contributed by atoms with Gasteiger partial charge >= 0.3 is 0 Å². The van der Waals surface area contributed by atoms with Crippen LogP contribution in [0.4, 0.5) is 5.69 Å². The maximum atomic E-state index is 6.40. The molecule has 3 heteroatoms. The molecule has 2 aromatic rings. The van der Waals surface area contributed by atoms with Crippen molar-refractivity contribution in [2.24, 2.45) is 0 Å². The molecule has 0 bridgehead atoms. The second-order valence-electron chi connectivity index (χ2n) is 9.86. The molecule has 2 heterocycles. The van der Waals surface area contributed by atoms with E-state index in [0.29, 0.717) is 0 Å². The van der Waals surface area contributed by atoms with Gasteiger partial charge in [0.25, 0.3) is 0 Å². The van der Waals surface area contributed by atoms with Crippen LogP contribution in [0.2, 0.25) is 0 Å². The molecule has 0 fully saturated rings. The van der Waals surface area contributed by atoms with Gasteiger partial charge in [-0.25, -0.2) is 0 Å². The molecule has 0 atom stereocenters. The number of allylic oxidation sites excluding steroid dienone is 4. The van der Waals surface area contributed by atoms with Gasteiger partial charge in [0.15, 0.2) is 5.36 Å². The summed E-state index contributed by atoms with van der Waals surface area (Å²) in [5.74, 6) is 1.86. The minimum absolute atomic E-state index is 0.0888. The third kappa shape index (κ3) is 3.06. The van der Waals surface area contributed by atoms with E-state index in [-0.39, 0.29) is 5.41 Å². The summed E-state index contributed by atoms with van der Waals surface area (Å²) in [6.07, 6.45) is 7.80. The number of benzene rings is 3. The Morgan fingerprint density at radius 1 is 0.970 bits per heavy atom. The van der Waals surface area contributed by atoms with Crippen LogP contribution in [-0.4, -0.2) is 7.05 Å². The Morgan fingerprint density at radius 3 is 2.70 bits per heavy atom. The van der Waals surface area contributed by atoms with E-state index >= 15 is 0 Å². The summed E-state index contributed by atoms with van der Waals surface area (Å²) < 4.78 is 6.40. The predicted octanol–water partition coefficient (Wildman–Crippen LogP) is 5.23. The lowest BCUT2D eigenvalue weighted by Gasteiger charge is -2.25. The summed E-state index contributed by atoms with van der Waals surface area (Å²) in [5, 5.41) is 9.38. The molecule has 0 aromatic heterocycles. The number of anilines is 1. The summed E-state index contributed by atoms with van der Waals surface area (Å²) >= 11 is 0. The van der Waals surface area contributed by atoms with Crippen molar-refractivity contribution < 1.29 is 9.83 Å². The largest absolute Gasteiger partial charge is 0.456 e. The van der Waals surface area contributed by atoms with Gasteiger partial charge in [0.05, 0.1) is 6.07 Å². The zero-order valence-corrected chi connectivity index (χ0v) is 19.5. The van der Waals surface area contributed by atoms with Crippen molar-refractivity contribution in [1.29, 1.82) is 0 Å². The molecule has 2 N–H and O–H groups in total. The molecule has 2 aliphatic heterocycles. The summed E-state index contributed by atoms with van der Waals surface area (Å²) in [6, 6.07) is 21.4. The summed E-state index contributed by atoms with van der Waals surface area (Å²) in [4.78, 5) is 2.35. The van der Waals surface area contributed by atoms with Gasteiger partial charge in [0, 0.05) is 35.5 Å². The molecule has 0 amide bonds. The first-order valence-corrected chi connectivity index (χ1v) is 11.8. The zero-order valence-electron chi connectivity index (χ0n) is 19.5. The van der Waals surface area contributed by atoms with Crippen LogP contribution in [0, 0.1) is 0 Å². The molecule has 6 rings (SSSR count). The molecule has 0 unspecified atom stereocenters. The maximum Gasteiger partial charge on any atom is 0.200 e. The first-order chi connectivity index (χ1) is 15.9. The average Bonchev–Trinajstić information content (AvgIpc) is 3.01. The Labute approximate surface area is 194 Å². The second-order valence-corrected chi connectivity index (χ2v) is 9.86. The Kier molecular flexibility index (Phi) is 4.38. The SMILES string of the molecule is CN1/C(=C/C=C2\CCCc3cc4ccc(=[NH2+])cc-4oc32)C(C)(C)c2c1ccc1ccccc21. The molecule has 33 heavy (non-hydrogen) atoms. The smallest absolute Gasteiger partial charge is 0.200 e. The number of rotatable bonds is 1. The number of likely N-dealkylation sites (N-methyl/N-ethyl adjacent to an activating group) is 1. The first kappa shape index (κ1) is 20.0. The second kappa shape index (κ2) is 7.21. The van der Waals surface area contributed by atoms with Crippen LogP contribution in [0.3, 0.4) is 0 Å². The van der Waals surface area contributed by atoms with Gasteiger partial charge in [-0.3, -0.25) is 5.41 Å². The molecule has 0 saturated carbocycles. The molecule has 0 radical (unpaired) electrons. The van der Waals surface area contributed by atoms with E-state index in [4.69, 9.17) is 9.83 Å². The van der Waals surface area contributed by atoms with Gasteiger partial charge < -0.3 is 9.32 Å². The van der Waals surface area contributed by atoms with Crippen molar-refractivity contribution in [1.82, 2.24) is 0 Å². The van der Waals surface area contributed by atoms with Crippen LogP contribution in [0.15, 0.2) is 82.9 Å². The normalized spacial score (nSPS) is 19.4. The molecule has 0 spiro atoms. The fourth-order valence-electron chi connectivity index (χ4n) is 5.76. The zero-order chi connectivity index (χ0) is 22.7. The quantitative estimate of drug-likeness (QED) is 0.447. The topological polar surface area (TPSA) is 42.0 Å². The van der Waals surface area contributed by atoms with Crippen molar-refractivity contribution in [2.75, 3.05) is 11.9 Å². The minimum atomic E-state index is -0.0888. The van der Waals surface area contributed by atoms with E-state index in [1.165, 1.54) is 38.9 Å². The number of aryl methyl sites for hydroxylation is 1. The van der Waals surface area contributed by atoms with Crippen LogP contribution >= 0.6 is 0 Å². The first-order valence-electron chi connectivity index (χ1n) is 11.8. The van der Waals surface area contributed by atoms with E-state index in [2.05, 4.69) is 80.4 Å². The van der Waals surface area contributed by atoms with Crippen LogP contribution in [-0.2, 0) is 11.8 Å². The maximum absolute atomic E-state index is 6.40. The molecular formula is C30H29N2O+. The van der Waals surface area contributed by atoms with Crippen molar-refractivity contribution >= 4 is 22.0 Å². The van der Waals surface area contributed by atoms with E-state index < -0.39 is 0 Å². The van der Waals surface area contributed by atoms with Gasteiger partial charge in [-0.1, -0.05) is 50.3 Å². The third-order valence-corrected chi connectivity index (χ3v) is 7.39. The Bertz CT molecular complexity index is 1500. The van der Waals surface area contributed by atoms with Crippen LogP contribution in [0.5, 0.6) is 0 Å². The predicted molar refractivity (Wildman–Crippen MR) is 135 cm³/mol. The number of nitrogens with two attached hydrogens (primary N) is 1. The highest BCUT2D eigenvalue weighted by atomic mass is 16.3. The van der Waals surface area contributed by atoms with E-state index in [1.54, 1.807) is 0 Å². The molecular weight excluding hydrogens is 404 g/mol. The monoisotopic (exact) mass is 433 g/mol. The lowest BCUT2D eigenvalue weighted by Crippen LogP contribution is -2.44. The van der Waals surface area contributed by atoms with Gasteiger partial charge in [0.1, 0.15) is 11.5 Å². The van der Waals surface area contributed by atoms with Gasteiger partial charge in [0.2, 0.25) is 0 Å². The Balaban J connectivity index is 1.47. The van der Waals surface area contributed by atoms with E-state index in [1.807, 2.05) is 18.2 Å². The summed E-state index contributed by atoms with van der Waals surface area (Å²) in [7, 11) is 2.18. The molecule has 164 valence electrons. The summed E-state index contributed by atoms with van der Waals surface area (Å²) in [6.45, 7) is 4.67. The molecule has 2 aliphatic carbocycles. The van der Waals surface area contributed by atoms with Crippen LogP contribution in [0.1, 0.15) is 43.6 Å². The molecule has 3 nitrogen and oxygen atoms in total. The Hall–Kier alpha value is -3.59. The van der Waals surface area contributed by atoms with Crippen LogP contribution in [0.25, 0.3) is 27.7 Å². The van der Waals surface area contributed by atoms with Crippen molar-refractivity contribution in [2.45, 2.75) is 38.5 Å².